The van der Waals surface area contributed by atoms with Gasteiger partial charge in [-0.1, -0.05) is 24.3 Å². The largest absolute Gasteiger partial charge is 0.493 e. The number of carboxylic acids is 2. The number of nitro benzene ring substituents is 1. The van der Waals surface area contributed by atoms with E-state index in [4.69, 9.17) is 19.7 Å². The fourth-order valence-electron chi connectivity index (χ4n) is 2.64. The van der Waals surface area contributed by atoms with Crippen molar-refractivity contribution in [2.24, 2.45) is 5.10 Å². The van der Waals surface area contributed by atoms with Crippen molar-refractivity contribution >= 4 is 23.8 Å². The van der Waals surface area contributed by atoms with Gasteiger partial charge >= 0.3 is 17.6 Å². The third-order valence-electron chi connectivity index (χ3n) is 4.11. The number of carbonyl (C=O) groups is 2. The molecule has 2 N–H and O–H groups in total. The molecule has 0 spiro atoms. The molecule has 0 aliphatic heterocycles. The molecule has 11 heteroatoms. The molecule has 0 amide bonds. The van der Waals surface area contributed by atoms with Gasteiger partial charge in [0.05, 0.1) is 18.2 Å². The van der Waals surface area contributed by atoms with Gasteiger partial charge in [-0.05, 0) is 24.1 Å². The highest BCUT2D eigenvalue weighted by atomic mass is 16.6. The number of carboxylic acid groups (broad SMARTS) is 2. The molecular weight excluding hydrogens is 410 g/mol. The first-order valence-corrected chi connectivity index (χ1v) is 8.97. The molecule has 2 rings (SSSR count). The predicted octanol–water partition coefficient (Wildman–Crippen LogP) is 2.30. The molecule has 11 nitrogen and oxygen atoms in total. The highest BCUT2D eigenvalue weighted by Crippen LogP contribution is 2.38. The smallest absolute Gasteiger partial charge is 0.324 e. The Balaban J connectivity index is 2.35. The summed E-state index contributed by atoms with van der Waals surface area (Å²) in [7, 11) is 1.32. The van der Waals surface area contributed by atoms with E-state index < -0.39 is 30.0 Å². The topological polar surface area (TPSA) is 152 Å². The number of nitrogens with zero attached hydrogens (tertiary/aromatic N) is 3. The molecule has 164 valence electrons. The number of hydrazone groups is 1. The normalized spacial score (nSPS) is 10.6. The van der Waals surface area contributed by atoms with Gasteiger partial charge in [0.2, 0.25) is 5.75 Å². The van der Waals surface area contributed by atoms with Gasteiger partial charge in [0.15, 0.2) is 5.75 Å². The molecule has 0 unspecified atom stereocenters. The maximum atomic E-state index is 11.6. The molecular formula is C20H21N3O8. The number of nitro groups is 1. The first-order valence-electron chi connectivity index (χ1n) is 8.97. The standard InChI is InChI=1S/C20H21N3O8/c1-13-5-3-4-6-15(13)12-31-20-16(23(28)29)7-14(8-17(20)30-2)9-21-22(10-18(24)25)11-19(26)27/h3-9H,10-12H2,1-2H3,(H,24,25)(H,26,27)/b21-9-. The lowest BCUT2D eigenvalue weighted by Crippen LogP contribution is -2.30. The van der Waals surface area contributed by atoms with E-state index in [1.54, 1.807) is 0 Å². The Bertz CT molecular complexity index is 990. The van der Waals surface area contributed by atoms with Crippen molar-refractivity contribution in [1.82, 2.24) is 5.01 Å². The van der Waals surface area contributed by atoms with Gasteiger partial charge in [-0.3, -0.25) is 24.7 Å². The van der Waals surface area contributed by atoms with Crippen molar-refractivity contribution < 1.29 is 34.2 Å². The number of benzene rings is 2. The summed E-state index contributed by atoms with van der Waals surface area (Å²) in [6.07, 6.45) is 1.12. The minimum atomic E-state index is -1.28. The highest BCUT2D eigenvalue weighted by Gasteiger charge is 2.22. The van der Waals surface area contributed by atoms with Crippen LogP contribution in [0, 0.1) is 17.0 Å². The van der Waals surface area contributed by atoms with Crippen LogP contribution in [0.1, 0.15) is 16.7 Å². The van der Waals surface area contributed by atoms with Gasteiger partial charge in [0, 0.05) is 11.6 Å². The van der Waals surface area contributed by atoms with Crippen LogP contribution in [-0.2, 0) is 16.2 Å². The van der Waals surface area contributed by atoms with Gasteiger partial charge in [-0.25, -0.2) is 0 Å². The zero-order chi connectivity index (χ0) is 23.0. The van der Waals surface area contributed by atoms with Crippen LogP contribution in [0.15, 0.2) is 41.5 Å². The second-order valence-corrected chi connectivity index (χ2v) is 6.40. The Morgan fingerprint density at radius 3 is 2.39 bits per heavy atom. The van der Waals surface area contributed by atoms with Gasteiger partial charge in [0.1, 0.15) is 19.7 Å². The molecule has 0 saturated heterocycles. The Morgan fingerprint density at radius 2 is 1.84 bits per heavy atom. The predicted molar refractivity (Wildman–Crippen MR) is 110 cm³/mol. The minimum Gasteiger partial charge on any atom is -0.493 e. The maximum Gasteiger partial charge on any atom is 0.324 e. The molecule has 0 heterocycles. The zero-order valence-corrected chi connectivity index (χ0v) is 16.8. The van der Waals surface area contributed by atoms with Crippen molar-refractivity contribution in [3.63, 3.8) is 0 Å². The second kappa shape index (κ2) is 10.6. The number of hydrogen-bond donors (Lipinski definition) is 2. The van der Waals surface area contributed by atoms with E-state index in [1.165, 1.54) is 19.2 Å². The molecule has 0 fully saturated rings. The Morgan fingerprint density at radius 1 is 1.19 bits per heavy atom. The lowest BCUT2D eigenvalue weighted by atomic mass is 10.1. The van der Waals surface area contributed by atoms with Crippen LogP contribution >= 0.6 is 0 Å². The first-order chi connectivity index (χ1) is 14.7. The average molecular weight is 431 g/mol. The van der Waals surface area contributed by atoms with E-state index >= 15 is 0 Å². The van der Waals surface area contributed by atoms with Crippen molar-refractivity contribution in [2.45, 2.75) is 13.5 Å². The number of aliphatic carboxylic acids is 2. The Kier molecular flexibility index (Phi) is 7.89. The van der Waals surface area contributed by atoms with Crippen molar-refractivity contribution in [3.05, 3.63) is 63.2 Å². The molecule has 0 saturated carbocycles. The van der Waals surface area contributed by atoms with Crippen LogP contribution < -0.4 is 9.47 Å². The van der Waals surface area contributed by atoms with E-state index in [2.05, 4.69) is 5.10 Å². The number of methoxy groups -OCH3 is 1. The lowest BCUT2D eigenvalue weighted by Gasteiger charge is -2.15. The highest BCUT2D eigenvalue weighted by molar-refractivity contribution is 5.83. The summed E-state index contributed by atoms with van der Waals surface area (Å²) in [5.41, 5.74) is 1.64. The van der Waals surface area contributed by atoms with Crippen LogP contribution in [0.3, 0.4) is 0 Å². The molecule has 0 aliphatic carbocycles. The molecule has 31 heavy (non-hydrogen) atoms. The van der Waals surface area contributed by atoms with Crippen LogP contribution in [0.5, 0.6) is 11.5 Å². The van der Waals surface area contributed by atoms with Crippen LogP contribution in [0.25, 0.3) is 0 Å². The SMILES string of the molecule is COc1cc(/C=N\N(CC(=O)O)CC(=O)O)cc([N+](=O)[O-])c1OCc1ccccc1C. The van der Waals surface area contributed by atoms with Crippen LogP contribution in [0.2, 0.25) is 0 Å². The maximum absolute atomic E-state index is 11.6. The van der Waals surface area contributed by atoms with Crippen molar-refractivity contribution in [3.8, 4) is 11.5 Å². The van der Waals surface area contributed by atoms with Crippen molar-refractivity contribution in [1.29, 1.82) is 0 Å². The Hall–Kier alpha value is -4.15. The number of ether oxygens (including phenoxy) is 2. The van der Waals surface area contributed by atoms with Crippen LogP contribution in [-0.4, -0.2) is 58.5 Å². The first kappa shape index (κ1) is 23.1. The van der Waals surface area contributed by atoms with E-state index in [0.717, 1.165) is 22.4 Å². The summed E-state index contributed by atoms with van der Waals surface area (Å²) in [4.78, 5) is 32.7. The van der Waals surface area contributed by atoms with E-state index in [9.17, 15) is 19.7 Å². The minimum absolute atomic E-state index is 0.0687. The molecule has 0 radical (unpaired) electrons. The monoisotopic (exact) mass is 431 g/mol. The third-order valence-corrected chi connectivity index (χ3v) is 4.11. The lowest BCUT2D eigenvalue weighted by molar-refractivity contribution is -0.386. The Labute approximate surface area is 177 Å². The van der Waals surface area contributed by atoms with E-state index in [-0.39, 0.29) is 29.4 Å². The fraction of sp³-hybridized carbons (Fsp3) is 0.250. The van der Waals surface area contributed by atoms with Gasteiger partial charge in [0.25, 0.3) is 0 Å². The fourth-order valence-corrected chi connectivity index (χ4v) is 2.64. The molecule has 0 aliphatic rings. The summed E-state index contributed by atoms with van der Waals surface area (Å²) < 4.78 is 10.9. The van der Waals surface area contributed by atoms with E-state index in [1.807, 2.05) is 31.2 Å². The summed E-state index contributed by atoms with van der Waals surface area (Å²) in [5.74, 6) is -2.54. The molecule has 0 atom stereocenters. The summed E-state index contributed by atoms with van der Waals surface area (Å²) in [6, 6.07) is 10.0. The summed E-state index contributed by atoms with van der Waals surface area (Å²) in [6.45, 7) is 0.672. The second-order valence-electron chi connectivity index (χ2n) is 6.40. The van der Waals surface area contributed by atoms with Crippen LogP contribution in [0.4, 0.5) is 5.69 Å². The summed E-state index contributed by atoms with van der Waals surface area (Å²) >= 11 is 0. The van der Waals surface area contributed by atoms with Gasteiger partial charge in [-0.2, -0.15) is 5.10 Å². The molecule has 0 aromatic heterocycles. The number of aryl methyl sites for hydroxylation is 1. The summed E-state index contributed by atoms with van der Waals surface area (Å²) in [5, 5.41) is 34.0. The number of hydrogen-bond acceptors (Lipinski definition) is 8. The average Bonchev–Trinajstić information content (AvgIpc) is 2.70. The molecule has 0 bridgehead atoms. The third kappa shape index (κ3) is 6.70. The molecule has 2 aromatic rings. The van der Waals surface area contributed by atoms with Gasteiger partial charge < -0.3 is 19.7 Å². The number of rotatable bonds is 11. The van der Waals surface area contributed by atoms with Crippen molar-refractivity contribution in [2.75, 3.05) is 20.2 Å². The van der Waals surface area contributed by atoms with Gasteiger partial charge in [-0.15, -0.1) is 0 Å². The molecule has 2 aromatic carbocycles. The van der Waals surface area contributed by atoms with E-state index in [0.29, 0.717) is 0 Å². The zero-order valence-electron chi connectivity index (χ0n) is 16.8. The quantitative estimate of drug-likeness (QED) is 0.310.